The van der Waals surface area contributed by atoms with E-state index in [4.69, 9.17) is 10.5 Å². The molecule has 1 fully saturated rings. The van der Waals surface area contributed by atoms with Gasteiger partial charge in [-0.1, -0.05) is 19.3 Å². The second-order valence-corrected chi connectivity index (χ2v) is 6.44. The summed E-state index contributed by atoms with van der Waals surface area (Å²) in [4.78, 5) is 16.7. The number of nitrogens with two attached hydrogens (primary N) is 1. The third-order valence-corrected chi connectivity index (χ3v) is 4.29. The van der Waals surface area contributed by atoms with Crippen molar-refractivity contribution in [3.63, 3.8) is 0 Å². The van der Waals surface area contributed by atoms with Crippen molar-refractivity contribution in [2.45, 2.75) is 58.5 Å². The molecule has 2 N–H and O–H groups in total. The number of Topliss-reactive ketones (excluding diaryl/α,β-unsaturated/α-hetero) is 1. The van der Waals surface area contributed by atoms with E-state index < -0.39 is 0 Å². The summed E-state index contributed by atoms with van der Waals surface area (Å²) in [6.45, 7) is 4.51. The second-order valence-electron chi connectivity index (χ2n) is 6.44. The summed E-state index contributed by atoms with van der Waals surface area (Å²) >= 11 is 0. The first-order valence-electron chi connectivity index (χ1n) is 7.90. The van der Waals surface area contributed by atoms with Gasteiger partial charge >= 0.3 is 0 Å². The number of pyridine rings is 1. The molecule has 1 aliphatic carbocycles. The van der Waals surface area contributed by atoms with Crippen LogP contribution in [-0.2, 0) is 0 Å². The molecule has 2 rings (SSSR count). The van der Waals surface area contributed by atoms with Gasteiger partial charge in [0, 0.05) is 18.2 Å². The summed E-state index contributed by atoms with van der Waals surface area (Å²) in [7, 11) is 0. The largest absolute Gasteiger partial charge is 0.489 e. The minimum Gasteiger partial charge on any atom is -0.489 e. The minimum absolute atomic E-state index is 0.00968. The Bertz CT molecular complexity index is 479. The number of rotatable bonds is 6. The monoisotopic (exact) mass is 290 g/mol. The van der Waals surface area contributed by atoms with Gasteiger partial charge in [-0.25, -0.2) is 0 Å². The molecule has 0 atom stereocenters. The van der Waals surface area contributed by atoms with E-state index in [1.54, 1.807) is 18.5 Å². The van der Waals surface area contributed by atoms with Crippen molar-refractivity contribution in [1.82, 2.24) is 4.98 Å². The molecule has 0 unspecified atom stereocenters. The Morgan fingerprint density at radius 1 is 1.33 bits per heavy atom. The Kier molecular flexibility index (Phi) is 5.34. The standard InChI is InChI=1S/C17H26N2O2/c1-13(2)21-15-8-14(10-19-11-15)16(20)9-17(12-18)6-4-3-5-7-17/h8,10-11,13H,3-7,9,12,18H2,1-2H3. The Morgan fingerprint density at radius 3 is 2.67 bits per heavy atom. The summed E-state index contributed by atoms with van der Waals surface area (Å²) in [5.41, 5.74) is 6.59. The lowest BCUT2D eigenvalue weighted by Gasteiger charge is -2.35. The first-order valence-corrected chi connectivity index (χ1v) is 7.90. The normalized spacial score (nSPS) is 17.7. The maximum atomic E-state index is 12.6. The number of ether oxygens (including phenoxy) is 1. The molecule has 1 heterocycles. The van der Waals surface area contributed by atoms with Crippen molar-refractivity contribution in [2.75, 3.05) is 6.54 Å². The molecular formula is C17H26N2O2. The highest BCUT2D eigenvalue weighted by Gasteiger charge is 2.33. The van der Waals surface area contributed by atoms with Gasteiger partial charge in [0.25, 0.3) is 0 Å². The number of aromatic nitrogens is 1. The van der Waals surface area contributed by atoms with Crippen molar-refractivity contribution >= 4 is 5.78 Å². The number of hydrogen-bond acceptors (Lipinski definition) is 4. The Labute approximate surface area is 127 Å². The highest BCUT2D eigenvalue weighted by Crippen LogP contribution is 2.39. The third kappa shape index (κ3) is 4.27. The maximum absolute atomic E-state index is 12.6. The van der Waals surface area contributed by atoms with Crippen molar-refractivity contribution < 1.29 is 9.53 Å². The fourth-order valence-electron chi connectivity index (χ4n) is 3.11. The van der Waals surface area contributed by atoms with E-state index in [9.17, 15) is 4.79 Å². The highest BCUT2D eigenvalue weighted by atomic mass is 16.5. The molecule has 1 aromatic rings. The molecule has 21 heavy (non-hydrogen) atoms. The fourth-order valence-corrected chi connectivity index (χ4v) is 3.11. The summed E-state index contributed by atoms with van der Waals surface area (Å²) in [6, 6.07) is 1.79. The number of ketones is 1. The van der Waals surface area contributed by atoms with Crippen LogP contribution in [-0.4, -0.2) is 23.4 Å². The van der Waals surface area contributed by atoms with Crippen molar-refractivity contribution in [2.24, 2.45) is 11.1 Å². The van der Waals surface area contributed by atoms with E-state index in [1.807, 2.05) is 13.8 Å². The molecule has 1 aliphatic rings. The molecule has 0 bridgehead atoms. The van der Waals surface area contributed by atoms with Crippen LogP contribution in [0.5, 0.6) is 5.75 Å². The molecule has 4 heteroatoms. The van der Waals surface area contributed by atoms with Crippen LogP contribution < -0.4 is 10.5 Å². The predicted octanol–water partition coefficient (Wildman–Crippen LogP) is 3.35. The summed E-state index contributed by atoms with van der Waals surface area (Å²) < 4.78 is 5.61. The van der Waals surface area contributed by atoms with E-state index in [1.165, 1.54) is 19.3 Å². The molecule has 0 aliphatic heterocycles. The van der Waals surface area contributed by atoms with Crippen LogP contribution in [0, 0.1) is 5.41 Å². The molecule has 0 spiro atoms. The molecule has 0 radical (unpaired) electrons. The lowest BCUT2D eigenvalue weighted by molar-refractivity contribution is 0.0867. The predicted molar refractivity (Wildman–Crippen MR) is 83.5 cm³/mol. The Balaban J connectivity index is 2.08. The van der Waals surface area contributed by atoms with Gasteiger partial charge in [0.2, 0.25) is 0 Å². The first-order chi connectivity index (χ1) is 10.0. The second kappa shape index (κ2) is 7.03. The number of nitrogens with zero attached hydrogens (tertiary/aromatic N) is 1. The van der Waals surface area contributed by atoms with Gasteiger partial charge < -0.3 is 10.5 Å². The molecule has 0 amide bonds. The maximum Gasteiger partial charge on any atom is 0.165 e. The van der Waals surface area contributed by atoms with Gasteiger partial charge in [0.15, 0.2) is 5.78 Å². The van der Waals surface area contributed by atoms with Gasteiger partial charge in [0.1, 0.15) is 5.75 Å². The first kappa shape index (κ1) is 16.0. The molecule has 1 saturated carbocycles. The Morgan fingerprint density at radius 2 is 2.05 bits per heavy atom. The lowest BCUT2D eigenvalue weighted by Crippen LogP contribution is -2.35. The fraction of sp³-hybridized carbons (Fsp3) is 0.647. The SMILES string of the molecule is CC(C)Oc1cncc(C(=O)CC2(CN)CCCCC2)c1. The molecule has 116 valence electrons. The van der Waals surface area contributed by atoms with Gasteiger partial charge in [-0.15, -0.1) is 0 Å². The van der Waals surface area contributed by atoms with Crippen molar-refractivity contribution in [1.29, 1.82) is 0 Å². The van der Waals surface area contributed by atoms with Gasteiger partial charge in [0.05, 0.1) is 12.3 Å². The minimum atomic E-state index is -0.00968. The number of hydrogen-bond donors (Lipinski definition) is 1. The van der Waals surface area contributed by atoms with Crippen LogP contribution in [0.15, 0.2) is 18.5 Å². The number of carbonyl (C=O) groups is 1. The zero-order chi connectivity index (χ0) is 15.3. The molecule has 0 aromatic carbocycles. The van der Waals surface area contributed by atoms with Crippen LogP contribution in [0.3, 0.4) is 0 Å². The topological polar surface area (TPSA) is 65.2 Å². The van der Waals surface area contributed by atoms with Gasteiger partial charge in [-0.3, -0.25) is 9.78 Å². The average Bonchev–Trinajstić information content (AvgIpc) is 2.48. The van der Waals surface area contributed by atoms with Crippen molar-refractivity contribution in [3.8, 4) is 5.75 Å². The van der Waals surface area contributed by atoms with Crippen LogP contribution in [0.2, 0.25) is 0 Å². The van der Waals surface area contributed by atoms with E-state index >= 15 is 0 Å². The smallest absolute Gasteiger partial charge is 0.165 e. The van der Waals surface area contributed by atoms with Crippen LogP contribution in [0.4, 0.5) is 0 Å². The molecule has 0 saturated heterocycles. The van der Waals surface area contributed by atoms with E-state index in [0.717, 1.165) is 12.8 Å². The Hall–Kier alpha value is -1.42. The zero-order valence-corrected chi connectivity index (χ0v) is 13.1. The highest BCUT2D eigenvalue weighted by molar-refractivity contribution is 5.96. The summed E-state index contributed by atoms with van der Waals surface area (Å²) in [6.07, 6.45) is 9.61. The summed E-state index contributed by atoms with van der Waals surface area (Å²) in [5, 5.41) is 0. The molecule has 4 nitrogen and oxygen atoms in total. The van der Waals surface area contributed by atoms with E-state index in [0.29, 0.717) is 24.3 Å². The van der Waals surface area contributed by atoms with Crippen LogP contribution in [0.25, 0.3) is 0 Å². The number of carbonyl (C=O) groups excluding carboxylic acids is 1. The van der Waals surface area contributed by atoms with Gasteiger partial charge in [-0.05, 0) is 44.7 Å². The lowest BCUT2D eigenvalue weighted by atomic mass is 9.70. The van der Waals surface area contributed by atoms with Crippen LogP contribution >= 0.6 is 0 Å². The van der Waals surface area contributed by atoms with Gasteiger partial charge in [-0.2, -0.15) is 0 Å². The third-order valence-electron chi connectivity index (χ3n) is 4.29. The summed E-state index contributed by atoms with van der Waals surface area (Å²) in [5.74, 6) is 0.783. The van der Waals surface area contributed by atoms with E-state index in [2.05, 4.69) is 4.98 Å². The van der Waals surface area contributed by atoms with Crippen molar-refractivity contribution in [3.05, 3.63) is 24.0 Å². The van der Waals surface area contributed by atoms with Crippen LogP contribution in [0.1, 0.15) is 62.7 Å². The molecular weight excluding hydrogens is 264 g/mol. The molecule has 1 aromatic heterocycles. The zero-order valence-electron chi connectivity index (χ0n) is 13.1. The average molecular weight is 290 g/mol. The van der Waals surface area contributed by atoms with E-state index in [-0.39, 0.29) is 17.3 Å². The quantitative estimate of drug-likeness (QED) is 0.816.